The second-order valence-electron chi connectivity index (χ2n) is 6.91. The molecule has 0 bridgehead atoms. The van der Waals surface area contributed by atoms with Crippen LogP contribution in [0.2, 0.25) is 0 Å². The van der Waals surface area contributed by atoms with Gasteiger partial charge in [-0.05, 0) is 31.5 Å². The standard InChI is InChI=1S/C19H22FN3O2/c1-2-21-5-7-22(8-6-21)18-10-17-15(9-16(18)20)19(25)13(12-24)11-23(17)14-3-4-14/h9-12,14H,2-8H2,1H3. The van der Waals surface area contributed by atoms with Crippen molar-refractivity contribution in [2.24, 2.45) is 0 Å². The Morgan fingerprint density at radius 3 is 2.52 bits per heavy atom. The smallest absolute Gasteiger partial charge is 0.199 e. The maximum Gasteiger partial charge on any atom is 0.199 e. The van der Waals surface area contributed by atoms with E-state index < -0.39 is 0 Å². The Labute approximate surface area is 145 Å². The number of piperazine rings is 1. The summed E-state index contributed by atoms with van der Waals surface area (Å²) in [4.78, 5) is 28.0. The molecule has 132 valence electrons. The lowest BCUT2D eigenvalue weighted by Crippen LogP contribution is -2.46. The van der Waals surface area contributed by atoms with E-state index in [4.69, 9.17) is 0 Å². The highest BCUT2D eigenvalue weighted by molar-refractivity contribution is 5.88. The number of rotatable bonds is 4. The van der Waals surface area contributed by atoms with Crippen LogP contribution in [-0.4, -0.2) is 48.5 Å². The molecule has 5 nitrogen and oxygen atoms in total. The number of pyridine rings is 1. The van der Waals surface area contributed by atoms with Crippen LogP contribution in [0.15, 0.2) is 23.1 Å². The maximum absolute atomic E-state index is 14.8. The fourth-order valence-electron chi connectivity index (χ4n) is 3.67. The normalized spacial score (nSPS) is 18.7. The number of benzene rings is 1. The summed E-state index contributed by atoms with van der Waals surface area (Å²) >= 11 is 0. The Hall–Kier alpha value is -2.21. The van der Waals surface area contributed by atoms with E-state index in [1.54, 1.807) is 12.3 Å². The summed E-state index contributed by atoms with van der Waals surface area (Å²) in [5, 5.41) is 0.296. The van der Waals surface area contributed by atoms with E-state index in [-0.39, 0.29) is 16.8 Å². The van der Waals surface area contributed by atoms with Crippen LogP contribution in [0.3, 0.4) is 0 Å². The minimum absolute atomic E-state index is 0.100. The van der Waals surface area contributed by atoms with E-state index in [1.165, 1.54) is 6.07 Å². The highest BCUT2D eigenvalue weighted by Crippen LogP contribution is 2.38. The Bertz CT molecular complexity index is 880. The van der Waals surface area contributed by atoms with Gasteiger partial charge in [-0.25, -0.2) is 4.39 Å². The molecule has 0 N–H and O–H groups in total. The van der Waals surface area contributed by atoms with Gasteiger partial charge >= 0.3 is 0 Å². The minimum atomic E-state index is -0.389. The molecular weight excluding hydrogens is 321 g/mol. The summed E-state index contributed by atoms with van der Waals surface area (Å²) in [5.74, 6) is -0.389. The molecule has 0 unspecified atom stereocenters. The van der Waals surface area contributed by atoms with Crippen LogP contribution < -0.4 is 10.3 Å². The number of carbonyl (C=O) groups is 1. The maximum atomic E-state index is 14.8. The van der Waals surface area contributed by atoms with Crippen LogP contribution in [0, 0.1) is 5.82 Å². The second kappa shape index (κ2) is 6.26. The van der Waals surface area contributed by atoms with Crippen molar-refractivity contribution in [2.45, 2.75) is 25.8 Å². The number of aromatic nitrogens is 1. The molecule has 1 aliphatic heterocycles. The molecule has 2 heterocycles. The fraction of sp³-hybridized carbons (Fsp3) is 0.474. The molecule has 6 heteroatoms. The molecule has 0 amide bonds. The molecule has 25 heavy (non-hydrogen) atoms. The Balaban J connectivity index is 1.82. The quantitative estimate of drug-likeness (QED) is 0.800. The Morgan fingerprint density at radius 1 is 1.20 bits per heavy atom. The average molecular weight is 343 g/mol. The number of halogens is 1. The lowest BCUT2D eigenvalue weighted by Gasteiger charge is -2.35. The summed E-state index contributed by atoms with van der Waals surface area (Å²) in [6.45, 7) is 6.50. The van der Waals surface area contributed by atoms with Gasteiger partial charge < -0.3 is 14.4 Å². The van der Waals surface area contributed by atoms with Gasteiger partial charge in [-0.3, -0.25) is 9.59 Å². The number of aldehydes is 1. The predicted octanol–water partition coefficient (Wildman–Crippen LogP) is 2.43. The molecular formula is C19H22FN3O2. The van der Waals surface area contributed by atoms with Crippen molar-refractivity contribution in [3.05, 3.63) is 39.9 Å². The molecule has 2 aromatic rings. The molecule has 2 aliphatic rings. The highest BCUT2D eigenvalue weighted by Gasteiger charge is 2.27. The van der Waals surface area contributed by atoms with Gasteiger partial charge in [0.15, 0.2) is 11.7 Å². The van der Waals surface area contributed by atoms with Crippen LogP contribution >= 0.6 is 0 Å². The van der Waals surface area contributed by atoms with Gasteiger partial charge in [0.1, 0.15) is 5.82 Å². The summed E-state index contributed by atoms with van der Waals surface area (Å²) in [6.07, 6.45) is 4.25. The predicted molar refractivity (Wildman–Crippen MR) is 96.2 cm³/mol. The van der Waals surface area contributed by atoms with Gasteiger partial charge in [-0.2, -0.15) is 0 Å². The van der Waals surface area contributed by atoms with Crippen molar-refractivity contribution in [1.29, 1.82) is 0 Å². The van der Waals surface area contributed by atoms with Gasteiger partial charge in [0.05, 0.1) is 16.8 Å². The van der Waals surface area contributed by atoms with Crippen molar-refractivity contribution in [3.63, 3.8) is 0 Å². The second-order valence-corrected chi connectivity index (χ2v) is 6.91. The van der Waals surface area contributed by atoms with E-state index in [9.17, 15) is 14.0 Å². The molecule has 4 rings (SSSR count). The van der Waals surface area contributed by atoms with Crippen LogP contribution in [0.4, 0.5) is 10.1 Å². The first-order valence-corrected chi connectivity index (χ1v) is 8.93. The van der Waals surface area contributed by atoms with Crippen LogP contribution in [-0.2, 0) is 0 Å². The summed E-state index contributed by atoms with van der Waals surface area (Å²) in [5.41, 5.74) is 0.995. The number of anilines is 1. The van der Waals surface area contributed by atoms with Gasteiger partial charge in [-0.15, -0.1) is 0 Å². The van der Waals surface area contributed by atoms with Crippen LogP contribution in [0.1, 0.15) is 36.2 Å². The lowest BCUT2D eigenvalue weighted by molar-refractivity contribution is 0.112. The lowest BCUT2D eigenvalue weighted by atomic mass is 10.1. The average Bonchev–Trinajstić information content (AvgIpc) is 3.47. The van der Waals surface area contributed by atoms with Gasteiger partial charge in [0.25, 0.3) is 0 Å². The Morgan fingerprint density at radius 2 is 1.92 bits per heavy atom. The van der Waals surface area contributed by atoms with E-state index in [0.717, 1.165) is 51.1 Å². The van der Waals surface area contributed by atoms with Crippen LogP contribution in [0.5, 0.6) is 0 Å². The summed E-state index contributed by atoms with van der Waals surface area (Å²) in [6, 6.07) is 3.41. The summed E-state index contributed by atoms with van der Waals surface area (Å²) < 4.78 is 16.7. The fourth-order valence-corrected chi connectivity index (χ4v) is 3.67. The third-order valence-corrected chi connectivity index (χ3v) is 5.36. The van der Waals surface area contributed by atoms with Crippen molar-refractivity contribution in [3.8, 4) is 0 Å². The molecule has 2 fully saturated rings. The zero-order valence-electron chi connectivity index (χ0n) is 14.4. The molecule has 0 spiro atoms. The first-order chi connectivity index (χ1) is 12.1. The van der Waals surface area contributed by atoms with Gasteiger partial charge in [0.2, 0.25) is 0 Å². The number of hydrogen-bond donors (Lipinski definition) is 0. The number of nitrogens with zero attached hydrogens (tertiary/aromatic N) is 3. The first-order valence-electron chi connectivity index (χ1n) is 8.93. The first kappa shape index (κ1) is 16.3. The van der Waals surface area contributed by atoms with E-state index in [2.05, 4.69) is 16.7 Å². The van der Waals surface area contributed by atoms with Crippen LogP contribution in [0.25, 0.3) is 10.9 Å². The molecule has 1 saturated heterocycles. The topological polar surface area (TPSA) is 45.6 Å². The SMILES string of the molecule is CCN1CCN(c2cc3c(cc2F)c(=O)c(C=O)cn3C2CC2)CC1. The van der Waals surface area contributed by atoms with Crippen molar-refractivity contribution in [2.75, 3.05) is 37.6 Å². The zero-order chi connectivity index (χ0) is 17.6. The van der Waals surface area contributed by atoms with E-state index in [1.807, 2.05) is 4.57 Å². The van der Waals surface area contributed by atoms with Crippen molar-refractivity contribution < 1.29 is 9.18 Å². The Kier molecular flexibility index (Phi) is 4.07. The molecule has 1 saturated carbocycles. The monoisotopic (exact) mass is 343 g/mol. The van der Waals surface area contributed by atoms with E-state index in [0.29, 0.717) is 23.4 Å². The van der Waals surface area contributed by atoms with Gasteiger partial charge in [-0.1, -0.05) is 6.92 Å². The zero-order valence-corrected chi connectivity index (χ0v) is 14.4. The number of hydrogen-bond acceptors (Lipinski definition) is 4. The largest absolute Gasteiger partial charge is 0.367 e. The van der Waals surface area contributed by atoms with Gasteiger partial charge in [0, 0.05) is 43.8 Å². The number of fused-ring (bicyclic) bond motifs is 1. The van der Waals surface area contributed by atoms with E-state index >= 15 is 0 Å². The number of likely N-dealkylation sites (N-methyl/N-ethyl adjacent to an activating group) is 1. The molecule has 0 atom stereocenters. The highest BCUT2D eigenvalue weighted by atomic mass is 19.1. The summed E-state index contributed by atoms with van der Waals surface area (Å²) in [7, 11) is 0. The molecule has 1 aliphatic carbocycles. The molecule has 1 aromatic heterocycles. The van der Waals surface area contributed by atoms with Crippen molar-refractivity contribution in [1.82, 2.24) is 9.47 Å². The third-order valence-electron chi connectivity index (χ3n) is 5.36. The van der Waals surface area contributed by atoms with Crippen molar-refractivity contribution >= 4 is 22.9 Å². The molecule has 0 radical (unpaired) electrons. The number of carbonyl (C=O) groups excluding carboxylic acids is 1. The third kappa shape index (κ3) is 2.84. The minimum Gasteiger partial charge on any atom is -0.367 e. The molecule has 1 aromatic carbocycles.